The van der Waals surface area contributed by atoms with E-state index in [9.17, 15) is 14.0 Å². The number of urea groups is 1. The smallest absolute Gasteiger partial charge is 0.317 e. The van der Waals surface area contributed by atoms with Crippen molar-refractivity contribution in [3.05, 3.63) is 35.6 Å². The van der Waals surface area contributed by atoms with Crippen molar-refractivity contribution >= 4 is 12.0 Å². The van der Waals surface area contributed by atoms with Crippen LogP contribution < -0.4 is 10.6 Å². The van der Waals surface area contributed by atoms with Gasteiger partial charge in [-0.2, -0.15) is 0 Å². The molecule has 0 aliphatic heterocycles. The Bertz CT molecular complexity index is 631. The van der Waals surface area contributed by atoms with Gasteiger partial charge in [-0.15, -0.1) is 0 Å². The van der Waals surface area contributed by atoms with Crippen LogP contribution in [0.3, 0.4) is 0 Å². The van der Waals surface area contributed by atoms with Gasteiger partial charge in [0.15, 0.2) is 0 Å². The molecule has 25 heavy (non-hydrogen) atoms. The van der Waals surface area contributed by atoms with Crippen LogP contribution in [0.4, 0.5) is 9.18 Å². The maximum atomic E-state index is 12.9. The quantitative estimate of drug-likeness (QED) is 0.702. The van der Waals surface area contributed by atoms with Crippen molar-refractivity contribution in [1.82, 2.24) is 15.5 Å². The zero-order chi connectivity index (χ0) is 18.0. The zero-order valence-electron chi connectivity index (χ0n) is 14.2. The molecule has 3 rings (SSSR count). The number of amides is 2. The molecule has 0 bridgehead atoms. The second kappa shape index (κ2) is 7.39. The van der Waals surface area contributed by atoms with Crippen molar-refractivity contribution in [2.75, 3.05) is 13.1 Å². The van der Waals surface area contributed by atoms with Crippen molar-refractivity contribution in [2.24, 2.45) is 0 Å². The molecule has 1 aromatic rings. The van der Waals surface area contributed by atoms with E-state index in [1.165, 1.54) is 12.1 Å². The first kappa shape index (κ1) is 17.7. The minimum absolute atomic E-state index is 0.0432. The van der Waals surface area contributed by atoms with Gasteiger partial charge in [0, 0.05) is 24.0 Å². The van der Waals surface area contributed by atoms with E-state index < -0.39 is 5.97 Å². The Morgan fingerprint density at radius 3 is 2.48 bits per heavy atom. The molecule has 2 saturated carbocycles. The van der Waals surface area contributed by atoms with Crippen LogP contribution in [0.25, 0.3) is 0 Å². The fourth-order valence-corrected chi connectivity index (χ4v) is 3.50. The lowest BCUT2D eigenvalue weighted by Gasteiger charge is -2.42. The van der Waals surface area contributed by atoms with Gasteiger partial charge in [0.05, 0.1) is 6.54 Å². The summed E-state index contributed by atoms with van der Waals surface area (Å²) in [4.78, 5) is 24.8. The van der Waals surface area contributed by atoms with Crippen molar-refractivity contribution in [3.63, 3.8) is 0 Å². The number of carboxylic acid groups (broad SMARTS) is 1. The Kier molecular flexibility index (Phi) is 5.22. The number of likely N-dealkylation sites (N-methyl/N-ethyl adjacent to an activating group) is 1. The first-order chi connectivity index (χ1) is 12.0. The summed E-state index contributed by atoms with van der Waals surface area (Å²) in [7, 11) is 0. The SMILES string of the molecule is CCN(CC(=O)O)C1CC(NC(=O)N[C@@H]2C[C@H]2c2ccc(F)cc2)C1. The monoisotopic (exact) mass is 349 g/mol. The third-order valence-electron chi connectivity index (χ3n) is 5.11. The van der Waals surface area contributed by atoms with E-state index in [1.807, 2.05) is 11.8 Å². The third kappa shape index (κ3) is 4.48. The molecule has 3 N–H and O–H groups in total. The lowest BCUT2D eigenvalue weighted by atomic mass is 9.85. The van der Waals surface area contributed by atoms with Crippen LogP contribution in [-0.2, 0) is 4.79 Å². The van der Waals surface area contributed by atoms with Crippen molar-refractivity contribution < 1.29 is 19.1 Å². The molecule has 2 aliphatic rings. The highest BCUT2D eigenvalue weighted by Gasteiger charge is 2.40. The molecule has 7 heteroatoms. The Labute approximate surface area is 146 Å². The van der Waals surface area contributed by atoms with E-state index in [1.54, 1.807) is 12.1 Å². The number of nitrogens with zero attached hydrogens (tertiary/aromatic N) is 1. The number of hydrogen-bond donors (Lipinski definition) is 3. The van der Waals surface area contributed by atoms with Crippen LogP contribution in [0.2, 0.25) is 0 Å². The average Bonchev–Trinajstić information content (AvgIpc) is 3.28. The lowest BCUT2D eigenvalue weighted by Crippen LogP contribution is -2.56. The highest BCUT2D eigenvalue weighted by Crippen LogP contribution is 2.40. The van der Waals surface area contributed by atoms with Crippen molar-refractivity contribution in [3.8, 4) is 0 Å². The van der Waals surface area contributed by atoms with Gasteiger partial charge in [-0.25, -0.2) is 9.18 Å². The first-order valence-electron chi connectivity index (χ1n) is 8.74. The van der Waals surface area contributed by atoms with Gasteiger partial charge in [-0.3, -0.25) is 9.69 Å². The molecule has 0 heterocycles. The Morgan fingerprint density at radius 1 is 1.20 bits per heavy atom. The molecular weight excluding hydrogens is 325 g/mol. The van der Waals surface area contributed by atoms with E-state index in [-0.39, 0.29) is 42.4 Å². The molecule has 2 amide bonds. The van der Waals surface area contributed by atoms with Crippen LogP contribution in [-0.4, -0.2) is 53.2 Å². The fraction of sp³-hybridized carbons (Fsp3) is 0.556. The Hall–Kier alpha value is -2.15. The molecule has 0 unspecified atom stereocenters. The van der Waals surface area contributed by atoms with Gasteiger partial charge in [-0.1, -0.05) is 19.1 Å². The second-order valence-corrected chi connectivity index (χ2v) is 6.90. The molecular formula is C18H24FN3O3. The number of nitrogens with one attached hydrogen (secondary N) is 2. The molecule has 2 aliphatic carbocycles. The van der Waals surface area contributed by atoms with E-state index in [0.29, 0.717) is 6.54 Å². The second-order valence-electron chi connectivity index (χ2n) is 6.90. The highest BCUT2D eigenvalue weighted by atomic mass is 19.1. The minimum atomic E-state index is -0.823. The summed E-state index contributed by atoms with van der Waals surface area (Å²) < 4.78 is 12.9. The summed E-state index contributed by atoms with van der Waals surface area (Å²) in [5, 5.41) is 14.8. The summed E-state index contributed by atoms with van der Waals surface area (Å²) in [6, 6.07) is 6.64. The number of carboxylic acids is 1. The zero-order valence-corrected chi connectivity index (χ0v) is 14.2. The maximum Gasteiger partial charge on any atom is 0.317 e. The molecule has 1 aromatic carbocycles. The summed E-state index contributed by atoms with van der Waals surface area (Å²) in [6.45, 7) is 2.68. The number of carbonyl (C=O) groups excluding carboxylic acids is 1. The number of carbonyl (C=O) groups is 2. The van der Waals surface area contributed by atoms with Crippen LogP contribution >= 0.6 is 0 Å². The molecule has 0 saturated heterocycles. The lowest BCUT2D eigenvalue weighted by molar-refractivity contribution is -0.139. The molecule has 136 valence electrons. The van der Waals surface area contributed by atoms with Gasteiger partial charge in [0.1, 0.15) is 5.82 Å². The van der Waals surface area contributed by atoms with E-state index in [2.05, 4.69) is 10.6 Å². The van der Waals surface area contributed by atoms with Gasteiger partial charge in [0.2, 0.25) is 0 Å². The normalized spacial score (nSPS) is 27.5. The third-order valence-corrected chi connectivity index (χ3v) is 5.11. The predicted octanol–water partition coefficient (Wildman–Crippen LogP) is 1.92. The van der Waals surface area contributed by atoms with E-state index in [0.717, 1.165) is 24.8 Å². The fourth-order valence-electron chi connectivity index (χ4n) is 3.50. The number of rotatable bonds is 7. The van der Waals surface area contributed by atoms with Crippen molar-refractivity contribution in [1.29, 1.82) is 0 Å². The molecule has 2 fully saturated rings. The van der Waals surface area contributed by atoms with Gasteiger partial charge in [0.25, 0.3) is 0 Å². The molecule has 2 atom stereocenters. The van der Waals surface area contributed by atoms with E-state index >= 15 is 0 Å². The van der Waals surface area contributed by atoms with Crippen LogP contribution in [0.5, 0.6) is 0 Å². The maximum absolute atomic E-state index is 12.9. The summed E-state index contributed by atoms with van der Waals surface area (Å²) >= 11 is 0. The highest BCUT2D eigenvalue weighted by molar-refractivity contribution is 5.75. The molecule has 6 nitrogen and oxygen atoms in total. The average molecular weight is 349 g/mol. The molecule has 0 radical (unpaired) electrons. The topological polar surface area (TPSA) is 81.7 Å². The number of aliphatic carboxylic acids is 1. The van der Waals surface area contributed by atoms with Gasteiger partial charge in [-0.05, 0) is 43.5 Å². The van der Waals surface area contributed by atoms with Gasteiger partial charge >= 0.3 is 12.0 Å². The number of hydrogen-bond acceptors (Lipinski definition) is 3. The predicted molar refractivity (Wildman–Crippen MR) is 90.9 cm³/mol. The minimum Gasteiger partial charge on any atom is -0.480 e. The summed E-state index contributed by atoms with van der Waals surface area (Å²) in [5.74, 6) is -0.821. The summed E-state index contributed by atoms with van der Waals surface area (Å²) in [5.41, 5.74) is 1.04. The van der Waals surface area contributed by atoms with Crippen molar-refractivity contribution in [2.45, 2.75) is 50.2 Å². The Balaban J connectivity index is 1.37. The summed E-state index contributed by atoms with van der Waals surface area (Å²) in [6.07, 6.45) is 2.43. The first-order valence-corrected chi connectivity index (χ1v) is 8.74. The standard InChI is InChI=1S/C18H24FN3O3/c1-2-22(10-17(23)24)14-7-13(8-14)20-18(25)21-16-9-15(16)11-3-5-12(19)6-4-11/h3-6,13-16H,2,7-10H2,1H3,(H,23,24)(H2,20,21,25)/t13?,14?,15-,16+/m0/s1. The van der Waals surface area contributed by atoms with Crippen LogP contribution in [0.15, 0.2) is 24.3 Å². The Morgan fingerprint density at radius 2 is 1.88 bits per heavy atom. The van der Waals surface area contributed by atoms with Gasteiger partial charge < -0.3 is 15.7 Å². The number of benzene rings is 1. The number of halogens is 1. The largest absolute Gasteiger partial charge is 0.480 e. The molecule has 0 spiro atoms. The van der Waals surface area contributed by atoms with Crippen LogP contribution in [0, 0.1) is 5.82 Å². The van der Waals surface area contributed by atoms with Crippen LogP contribution in [0.1, 0.15) is 37.7 Å². The molecule has 0 aromatic heterocycles. The van der Waals surface area contributed by atoms with E-state index in [4.69, 9.17) is 5.11 Å².